The van der Waals surface area contributed by atoms with E-state index in [1.807, 2.05) is 0 Å². The molecule has 0 aliphatic heterocycles. The molecule has 0 radical (unpaired) electrons. The highest BCUT2D eigenvalue weighted by atomic mass is 14.2. The van der Waals surface area contributed by atoms with Crippen molar-refractivity contribution in [3.05, 3.63) is 0 Å². The normalized spacial score (nSPS) is 18.2. The lowest BCUT2D eigenvalue weighted by atomic mass is 9.79. The Labute approximate surface area is 91.5 Å². The lowest BCUT2D eigenvalue weighted by Gasteiger charge is -2.27. The van der Waals surface area contributed by atoms with Gasteiger partial charge in [0, 0.05) is 0 Å². The van der Waals surface area contributed by atoms with Gasteiger partial charge in [-0.05, 0) is 30.1 Å². The third kappa shape index (κ3) is 5.02. The van der Waals surface area contributed by atoms with E-state index in [0.717, 1.165) is 23.7 Å². The van der Waals surface area contributed by atoms with Gasteiger partial charge in [0.25, 0.3) is 0 Å². The van der Waals surface area contributed by atoms with Crippen LogP contribution in [0.4, 0.5) is 0 Å². The van der Waals surface area contributed by atoms with Crippen molar-refractivity contribution >= 4 is 0 Å². The van der Waals surface area contributed by atoms with Crippen molar-refractivity contribution in [2.75, 3.05) is 0 Å². The summed E-state index contributed by atoms with van der Waals surface area (Å²) in [7, 11) is 0. The third-order valence-corrected chi connectivity index (χ3v) is 3.93. The van der Waals surface area contributed by atoms with Gasteiger partial charge in [0.1, 0.15) is 0 Å². The average Bonchev–Trinajstić information content (AvgIpc) is 2.15. The third-order valence-electron chi connectivity index (χ3n) is 3.93. The second-order valence-corrected chi connectivity index (χ2v) is 5.38. The van der Waals surface area contributed by atoms with Crippen molar-refractivity contribution in [3.63, 3.8) is 0 Å². The maximum Gasteiger partial charge on any atom is -0.0394 e. The van der Waals surface area contributed by atoms with Gasteiger partial charge >= 0.3 is 0 Å². The van der Waals surface area contributed by atoms with Crippen molar-refractivity contribution in [2.45, 2.75) is 67.2 Å². The van der Waals surface area contributed by atoms with Crippen LogP contribution in [0.3, 0.4) is 0 Å². The molecule has 0 saturated heterocycles. The van der Waals surface area contributed by atoms with Crippen LogP contribution in [0.15, 0.2) is 0 Å². The second kappa shape index (κ2) is 7.31. The van der Waals surface area contributed by atoms with E-state index in [1.54, 1.807) is 0 Å². The Morgan fingerprint density at radius 2 is 1.50 bits per heavy atom. The summed E-state index contributed by atoms with van der Waals surface area (Å²) in [6, 6.07) is 0. The lowest BCUT2D eigenvalue weighted by molar-refractivity contribution is 0.237. The fourth-order valence-electron chi connectivity index (χ4n) is 2.29. The van der Waals surface area contributed by atoms with Crippen molar-refractivity contribution in [1.82, 2.24) is 0 Å². The van der Waals surface area contributed by atoms with E-state index in [9.17, 15) is 0 Å². The first kappa shape index (κ1) is 14.0. The molecule has 0 saturated carbocycles. The zero-order valence-electron chi connectivity index (χ0n) is 11.1. The summed E-state index contributed by atoms with van der Waals surface area (Å²) < 4.78 is 0. The molecule has 0 aromatic rings. The smallest absolute Gasteiger partial charge is 0.0394 e. The van der Waals surface area contributed by atoms with Gasteiger partial charge in [-0.1, -0.05) is 60.8 Å². The molecular weight excluding hydrogens is 168 g/mol. The van der Waals surface area contributed by atoms with Crippen LogP contribution in [0.1, 0.15) is 67.2 Å². The second-order valence-electron chi connectivity index (χ2n) is 5.38. The molecular formula is C14H30. The largest absolute Gasteiger partial charge is 0.0654 e. The number of hydrogen-bond donors (Lipinski definition) is 0. The molecule has 0 heteroatoms. The molecule has 0 heterocycles. The zero-order valence-corrected chi connectivity index (χ0v) is 11.1. The Bertz CT molecular complexity index is 126. The van der Waals surface area contributed by atoms with Gasteiger partial charge in [-0.2, -0.15) is 0 Å². The van der Waals surface area contributed by atoms with Crippen LogP contribution >= 0.6 is 0 Å². The van der Waals surface area contributed by atoms with Gasteiger partial charge in [0.2, 0.25) is 0 Å². The topological polar surface area (TPSA) is 0 Å². The molecule has 0 aliphatic rings. The van der Waals surface area contributed by atoms with Crippen LogP contribution in [0.2, 0.25) is 0 Å². The van der Waals surface area contributed by atoms with E-state index < -0.39 is 0 Å². The minimum atomic E-state index is 0.837. The number of hydrogen-bond acceptors (Lipinski definition) is 0. The summed E-state index contributed by atoms with van der Waals surface area (Å²) in [5.74, 6) is 3.58. The molecule has 0 nitrogen and oxygen atoms in total. The molecule has 86 valence electrons. The van der Waals surface area contributed by atoms with Gasteiger partial charge < -0.3 is 0 Å². The van der Waals surface area contributed by atoms with Crippen LogP contribution in [-0.4, -0.2) is 0 Å². The molecule has 0 N–H and O–H groups in total. The first-order valence-electron chi connectivity index (χ1n) is 6.52. The molecule has 3 unspecified atom stereocenters. The quantitative estimate of drug-likeness (QED) is 0.532. The molecule has 0 spiro atoms. The summed E-state index contributed by atoms with van der Waals surface area (Å²) in [5, 5.41) is 0. The Morgan fingerprint density at radius 3 is 1.86 bits per heavy atom. The van der Waals surface area contributed by atoms with E-state index in [1.165, 1.54) is 25.7 Å². The van der Waals surface area contributed by atoms with Crippen LogP contribution in [0, 0.1) is 23.7 Å². The molecule has 0 rings (SSSR count). The molecule has 0 aromatic heterocycles. The fourth-order valence-corrected chi connectivity index (χ4v) is 2.29. The average molecular weight is 198 g/mol. The highest BCUT2D eigenvalue weighted by molar-refractivity contribution is 4.69. The minimum absolute atomic E-state index is 0.837. The monoisotopic (exact) mass is 198 g/mol. The van der Waals surface area contributed by atoms with E-state index in [2.05, 4.69) is 41.5 Å². The predicted octanol–water partition coefficient (Wildman–Crippen LogP) is 5.13. The zero-order chi connectivity index (χ0) is 11.1. The van der Waals surface area contributed by atoms with Gasteiger partial charge in [-0.3, -0.25) is 0 Å². The first-order valence-corrected chi connectivity index (χ1v) is 6.52. The molecule has 0 aromatic carbocycles. The minimum Gasteiger partial charge on any atom is -0.0654 e. The van der Waals surface area contributed by atoms with E-state index in [0.29, 0.717) is 0 Å². The molecule has 0 amide bonds. The van der Waals surface area contributed by atoms with Crippen molar-refractivity contribution in [3.8, 4) is 0 Å². The fraction of sp³-hybridized carbons (Fsp3) is 1.00. The van der Waals surface area contributed by atoms with Crippen LogP contribution < -0.4 is 0 Å². The highest BCUT2D eigenvalue weighted by Gasteiger charge is 2.18. The van der Waals surface area contributed by atoms with Crippen LogP contribution in [0.5, 0.6) is 0 Å². The Kier molecular flexibility index (Phi) is 7.31. The molecule has 0 fully saturated rings. The molecule has 14 heavy (non-hydrogen) atoms. The maximum absolute atomic E-state index is 2.43. The Morgan fingerprint density at radius 1 is 0.929 bits per heavy atom. The van der Waals surface area contributed by atoms with E-state index >= 15 is 0 Å². The first-order chi connectivity index (χ1) is 6.52. The van der Waals surface area contributed by atoms with Crippen LogP contribution in [-0.2, 0) is 0 Å². The SMILES string of the molecule is CCCC(CC)CC(C)C(C)C(C)C. The Hall–Kier alpha value is 0. The number of rotatable bonds is 7. The lowest BCUT2D eigenvalue weighted by Crippen LogP contribution is -2.17. The van der Waals surface area contributed by atoms with Crippen molar-refractivity contribution in [1.29, 1.82) is 0 Å². The van der Waals surface area contributed by atoms with Gasteiger partial charge in [-0.25, -0.2) is 0 Å². The standard InChI is InChI=1S/C14H30/c1-7-9-14(8-2)10-12(5)13(6)11(3)4/h11-14H,7-10H2,1-6H3. The van der Waals surface area contributed by atoms with Crippen molar-refractivity contribution < 1.29 is 0 Å². The summed E-state index contributed by atoms with van der Waals surface area (Å²) in [5.41, 5.74) is 0. The summed E-state index contributed by atoms with van der Waals surface area (Å²) in [4.78, 5) is 0. The highest BCUT2D eigenvalue weighted by Crippen LogP contribution is 2.29. The van der Waals surface area contributed by atoms with Gasteiger partial charge in [-0.15, -0.1) is 0 Å². The summed E-state index contributed by atoms with van der Waals surface area (Å²) >= 11 is 0. The summed E-state index contributed by atoms with van der Waals surface area (Å²) in [6.07, 6.45) is 5.57. The molecule has 0 aliphatic carbocycles. The van der Waals surface area contributed by atoms with E-state index in [4.69, 9.17) is 0 Å². The van der Waals surface area contributed by atoms with Gasteiger partial charge in [0.15, 0.2) is 0 Å². The maximum atomic E-state index is 2.43. The van der Waals surface area contributed by atoms with Crippen LogP contribution in [0.25, 0.3) is 0 Å². The van der Waals surface area contributed by atoms with E-state index in [-0.39, 0.29) is 0 Å². The predicted molar refractivity (Wildman–Crippen MR) is 66.5 cm³/mol. The molecule has 0 bridgehead atoms. The van der Waals surface area contributed by atoms with Crippen molar-refractivity contribution in [2.24, 2.45) is 23.7 Å². The Balaban J connectivity index is 3.94. The molecule has 3 atom stereocenters. The van der Waals surface area contributed by atoms with Gasteiger partial charge in [0.05, 0.1) is 0 Å². The summed E-state index contributed by atoms with van der Waals surface area (Å²) in [6.45, 7) is 14.2.